The minimum absolute atomic E-state index is 0.0707. The lowest BCUT2D eigenvalue weighted by Crippen LogP contribution is -2.50. The van der Waals surface area contributed by atoms with Crippen LogP contribution in [0.1, 0.15) is 46.5 Å². The molecule has 2 aliphatic rings. The van der Waals surface area contributed by atoms with Crippen molar-refractivity contribution in [1.82, 2.24) is 4.90 Å². The normalized spacial score (nSPS) is 27.3. The fraction of sp³-hybridized carbons (Fsp3) is 0.800. The average molecular weight is 313 g/mol. The van der Waals surface area contributed by atoms with Crippen molar-refractivity contribution in [2.75, 3.05) is 7.11 Å². The molecule has 2 atom stereocenters. The fourth-order valence-corrected chi connectivity index (χ4v) is 2.95. The minimum Gasteiger partial charge on any atom is -0.467 e. The van der Waals surface area contributed by atoms with Crippen LogP contribution in [0.4, 0.5) is 4.79 Å². The van der Waals surface area contributed by atoms with Gasteiger partial charge in [0.15, 0.2) is 0 Å². The van der Waals surface area contributed by atoms with Gasteiger partial charge in [0.2, 0.25) is 5.91 Å². The predicted octanol–water partition coefficient (Wildman–Crippen LogP) is 1.23. The van der Waals surface area contributed by atoms with E-state index in [2.05, 4.69) is 4.74 Å². The van der Waals surface area contributed by atoms with Crippen LogP contribution in [0.15, 0.2) is 0 Å². The first-order valence-electron chi connectivity index (χ1n) is 7.45. The Balaban J connectivity index is 2.25. The summed E-state index contributed by atoms with van der Waals surface area (Å²) in [6, 6.07) is -1.04. The van der Waals surface area contributed by atoms with Crippen LogP contribution in [0.5, 0.6) is 0 Å². The summed E-state index contributed by atoms with van der Waals surface area (Å²) in [5, 5.41) is 10.4. The number of carbonyl (C=O) groups excluding carboxylic acids is 3. The van der Waals surface area contributed by atoms with Crippen LogP contribution in [0, 0.1) is 5.92 Å². The number of likely N-dealkylation sites (tertiary alicyclic amines) is 1. The van der Waals surface area contributed by atoms with Gasteiger partial charge in [-0.2, -0.15) is 0 Å². The zero-order valence-corrected chi connectivity index (χ0v) is 13.4. The van der Waals surface area contributed by atoms with E-state index in [0.29, 0.717) is 12.8 Å². The molecule has 0 radical (unpaired) electrons. The number of hydrogen-bond acceptors (Lipinski definition) is 6. The molecule has 1 heterocycles. The van der Waals surface area contributed by atoms with Crippen molar-refractivity contribution < 1.29 is 29.0 Å². The van der Waals surface area contributed by atoms with Crippen molar-refractivity contribution in [3.05, 3.63) is 0 Å². The second-order valence-electron chi connectivity index (χ2n) is 6.97. The lowest BCUT2D eigenvalue weighted by Gasteiger charge is -2.40. The first-order valence-corrected chi connectivity index (χ1v) is 7.45. The molecule has 0 spiro atoms. The molecule has 1 aliphatic heterocycles. The number of hydrogen-bond donors (Lipinski definition) is 1. The number of imide groups is 1. The Morgan fingerprint density at radius 3 is 2.32 bits per heavy atom. The molecule has 124 valence electrons. The molecule has 22 heavy (non-hydrogen) atoms. The Labute approximate surface area is 129 Å². The quantitative estimate of drug-likeness (QED) is 0.771. The van der Waals surface area contributed by atoms with Gasteiger partial charge in [-0.05, 0) is 46.5 Å². The van der Waals surface area contributed by atoms with Crippen LogP contribution in [0.3, 0.4) is 0 Å². The molecule has 1 unspecified atom stereocenters. The molecular formula is C15H23NO6. The molecule has 2 rings (SSSR count). The first kappa shape index (κ1) is 16.7. The summed E-state index contributed by atoms with van der Waals surface area (Å²) < 4.78 is 9.89. The van der Waals surface area contributed by atoms with Crippen LogP contribution in [-0.4, -0.2) is 52.3 Å². The maximum absolute atomic E-state index is 12.6. The van der Waals surface area contributed by atoms with Gasteiger partial charge in [0.1, 0.15) is 11.6 Å². The summed E-state index contributed by atoms with van der Waals surface area (Å²) in [5.74, 6) is -2.01. The van der Waals surface area contributed by atoms with E-state index in [1.165, 1.54) is 7.11 Å². The zero-order valence-electron chi connectivity index (χ0n) is 13.4. The van der Waals surface area contributed by atoms with Gasteiger partial charge >= 0.3 is 12.1 Å². The Morgan fingerprint density at radius 1 is 1.32 bits per heavy atom. The highest BCUT2D eigenvalue weighted by Crippen LogP contribution is 2.45. The zero-order chi connectivity index (χ0) is 16.7. The second-order valence-corrected chi connectivity index (χ2v) is 6.97. The number of amides is 2. The first-order chi connectivity index (χ1) is 10.1. The molecule has 0 bridgehead atoms. The summed E-state index contributed by atoms with van der Waals surface area (Å²) in [6.45, 7) is 5.03. The number of ether oxygens (including phenoxy) is 2. The van der Waals surface area contributed by atoms with E-state index in [1.54, 1.807) is 20.8 Å². The minimum atomic E-state index is -1.12. The largest absolute Gasteiger partial charge is 0.467 e. The van der Waals surface area contributed by atoms with E-state index in [-0.39, 0.29) is 6.42 Å². The van der Waals surface area contributed by atoms with Crippen LogP contribution in [-0.2, 0) is 19.1 Å². The molecule has 0 aromatic rings. The topological polar surface area (TPSA) is 93.1 Å². The van der Waals surface area contributed by atoms with E-state index in [1.807, 2.05) is 0 Å². The Morgan fingerprint density at radius 2 is 1.91 bits per heavy atom. The Hall–Kier alpha value is -1.63. The monoisotopic (exact) mass is 313 g/mol. The van der Waals surface area contributed by atoms with E-state index < -0.39 is 41.1 Å². The molecule has 0 aromatic carbocycles. The SMILES string of the molecule is COC(=O)[C@@H]1CC(C2(O)CCC2)C(=O)N1C(=O)OC(C)(C)C. The van der Waals surface area contributed by atoms with Gasteiger partial charge < -0.3 is 14.6 Å². The van der Waals surface area contributed by atoms with Gasteiger partial charge in [0.05, 0.1) is 18.6 Å². The lowest BCUT2D eigenvalue weighted by atomic mass is 9.70. The number of esters is 1. The molecule has 1 aliphatic carbocycles. The number of nitrogens with zero attached hydrogens (tertiary/aromatic N) is 1. The van der Waals surface area contributed by atoms with Crippen molar-refractivity contribution >= 4 is 18.0 Å². The second kappa shape index (κ2) is 5.53. The third kappa shape index (κ3) is 2.95. The molecule has 7 nitrogen and oxygen atoms in total. The molecular weight excluding hydrogens is 290 g/mol. The molecule has 2 amide bonds. The summed E-state index contributed by atoms with van der Waals surface area (Å²) >= 11 is 0. The van der Waals surface area contributed by atoms with E-state index in [4.69, 9.17) is 4.74 Å². The molecule has 2 fully saturated rings. The van der Waals surface area contributed by atoms with E-state index in [9.17, 15) is 19.5 Å². The van der Waals surface area contributed by atoms with E-state index in [0.717, 1.165) is 11.3 Å². The summed E-state index contributed by atoms with van der Waals surface area (Å²) in [4.78, 5) is 37.6. The van der Waals surface area contributed by atoms with Gasteiger partial charge in [-0.15, -0.1) is 0 Å². The van der Waals surface area contributed by atoms with Gasteiger partial charge in [-0.25, -0.2) is 14.5 Å². The number of carbonyl (C=O) groups is 3. The maximum Gasteiger partial charge on any atom is 0.417 e. The van der Waals surface area contributed by atoms with Crippen LogP contribution in [0.2, 0.25) is 0 Å². The number of methoxy groups -OCH3 is 1. The standard InChI is InChI=1S/C15H23NO6/c1-14(2,3)22-13(19)16-10(12(18)21-4)8-9(11(16)17)15(20)6-5-7-15/h9-10,20H,5-8H2,1-4H3/t9?,10-/m0/s1. The van der Waals surface area contributed by atoms with Crippen LogP contribution < -0.4 is 0 Å². The van der Waals surface area contributed by atoms with Crippen molar-refractivity contribution in [2.45, 2.75) is 63.7 Å². The lowest BCUT2D eigenvalue weighted by molar-refractivity contribution is -0.150. The van der Waals surface area contributed by atoms with Crippen molar-refractivity contribution in [1.29, 1.82) is 0 Å². The van der Waals surface area contributed by atoms with Crippen LogP contribution in [0.25, 0.3) is 0 Å². The summed E-state index contributed by atoms with van der Waals surface area (Å²) in [7, 11) is 1.20. The smallest absolute Gasteiger partial charge is 0.417 e. The third-order valence-electron chi connectivity index (χ3n) is 4.24. The van der Waals surface area contributed by atoms with Gasteiger partial charge in [0, 0.05) is 0 Å². The number of aliphatic hydroxyl groups is 1. The van der Waals surface area contributed by atoms with Crippen molar-refractivity contribution in [2.24, 2.45) is 5.92 Å². The van der Waals surface area contributed by atoms with Crippen LogP contribution >= 0.6 is 0 Å². The fourth-order valence-electron chi connectivity index (χ4n) is 2.95. The Bertz CT molecular complexity index is 491. The number of rotatable bonds is 2. The van der Waals surface area contributed by atoms with Gasteiger partial charge in [-0.3, -0.25) is 4.79 Å². The molecule has 1 saturated heterocycles. The highest BCUT2D eigenvalue weighted by atomic mass is 16.6. The van der Waals surface area contributed by atoms with Gasteiger partial charge in [0.25, 0.3) is 0 Å². The van der Waals surface area contributed by atoms with Crippen molar-refractivity contribution in [3.63, 3.8) is 0 Å². The van der Waals surface area contributed by atoms with Gasteiger partial charge in [-0.1, -0.05) is 0 Å². The highest BCUT2D eigenvalue weighted by molar-refractivity contribution is 6.01. The molecule has 1 saturated carbocycles. The molecule has 0 aromatic heterocycles. The third-order valence-corrected chi connectivity index (χ3v) is 4.24. The highest BCUT2D eigenvalue weighted by Gasteiger charge is 2.57. The predicted molar refractivity (Wildman–Crippen MR) is 75.8 cm³/mol. The summed E-state index contributed by atoms with van der Waals surface area (Å²) in [5.41, 5.74) is -1.91. The van der Waals surface area contributed by atoms with E-state index >= 15 is 0 Å². The average Bonchev–Trinajstić information content (AvgIpc) is 2.71. The van der Waals surface area contributed by atoms with Crippen molar-refractivity contribution in [3.8, 4) is 0 Å². The molecule has 7 heteroatoms. The molecule has 1 N–H and O–H groups in total. The summed E-state index contributed by atoms with van der Waals surface area (Å²) in [6.07, 6.45) is 1.02. The maximum atomic E-state index is 12.6. The Kier molecular flexibility index (Phi) is 4.21.